The number of ether oxygens (including phenoxy) is 2. The quantitative estimate of drug-likeness (QED) is 0.341. The van der Waals surface area contributed by atoms with Crippen molar-refractivity contribution in [2.24, 2.45) is 5.11 Å². The van der Waals surface area contributed by atoms with Crippen molar-refractivity contribution < 1.29 is 18.7 Å². The fourth-order valence-electron chi connectivity index (χ4n) is 2.79. The first-order chi connectivity index (χ1) is 12.6. The molecule has 0 amide bonds. The van der Waals surface area contributed by atoms with Crippen LogP contribution in [0.15, 0.2) is 53.6 Å². The number of hydrogen-bond acceptors (Lipinski definition) is 5. The van der Waals surface area contributed by atoms with E-state index in [1.54, 1.807) is 11.0 Å². The first-order valence-corrected chi connectivity index (χ1v) is 7.98. The number of carbonyl (C=O) groups excluding carboxylic acids is 1. The molecule has 8 heteroatoms. The second kappa shape index (κ2) is 7.43. The molecule has 1 fully saturated rings. The van der Waals surface area contributed by atoms with Crippen LogP contribution in [-0.2, 0) is 16.1 Å². The summed E-state index contributed by atoms with van der Waals surface area (Å²) < 4.78 is 25.4. The predicted octanol–water partition coefficient (Wildman–Crippen LogP) is 3.79. The Balaban J connectivity index is 1.78. The van der Waals surface area contributed by atoms with Crippen LogP contribution in [0, 0.1) is 5.82 Å². The molecule has 26 heavy (non-hydrogen) atoms. The largest absolute Gasteiger partial charge is 0.486 e. The lowest BCUT2D eigenvalue weighted by atomic mass is 10.2. The van der Waals surface area contributed by atoms with E-state index in [9.17, 15) is 9.18 Å². The van der Waals surface area contributed by atoms with Gasteiger partial charge in [0.25, 0.3) is 0 Å². The Morgan fingerprint density at radius 1 is 1.42 bits per heavy atom. The van der Waals surface area contributed by atoms with Gasteiger partial charge in [-0.15, -0.1) is 0 Å². The number of benzene rings is 2. The summed E-state index contributed by atoms with van der Waals surface area (Å²) in [6.07, 6.45) is -0.232. The first-order valence-electron chi connectivity index (χ1n) is 7.98. The van der Waals surface area contributed by atoms with Crippen LogP contribution in [-0.4, -0.2) is 24.8 Å². The minimum atomic E-state index is -1.34. The number of hydrogen-bond donors (Lipinski definition) is 0. The van der Waals surface area contributed by atoms with Crippen LogP contribution in [0.5, 0.6) is 5.75 Å². The smallest absolute Gasteiger partial charge is 0.195 e. The molecule has 1 aliphatic heterocycles. The van der Waals surface area contributed by atoms with E-state index in [2.05, 4.69) is 10.0 Å². The third kappa shape index (κ3) is 3.61. The third-order valence-electron chi connectivity index (χ3n) is 4.11. The average Bonchev–Trinajstić information content (AvgIpc) is 2.99. The van der Waals surface area contributed by atoms with Crippen molar-refractivity contribution in [2.45, 2.75) is 25.5 Å². The molecule has 0 spiro atoms. The second-order valence-corrected chi connectivity index (χ2v) is 5.95. The second-order valence-electron chi connectivity index (χ2n) is 5.95. The molecule has 1 heterocycles. The van der Waals surface area contributed by atoms with Crippen molar-refractivity contribution >= 4 is 12.0 Å². The van der Waals surface area contributed by atoms with E-state index in [0.29, 0.717) is 12.0 Å². The summed E-state index contributed by atoms with van der Waals surface area (Å²) in [6.45, 7) is 1.92. The van der Waals surface area contributed by atoms with Gasteiger partial charge in [-0.2, -0.15) is 0 Å². The van der Waals surface area contributed by atoms with Crippen molar-refractivity contribution in [2.75, 3.05) is 11.4 Å². The number of azide groups is 1. The minimum Gasteiger partial charge on any atom is -0.486 e. The first kappa shape index (κ1) is 17.7. The van der Waals surface area contributed by atoms with Crippen molar-refractivity contribution in [1.82, 2.24) is 0 Å². The summed E-state index contributed by atoms with van der Waals surface area (Å²) in [4.78, 5) is 15.7. The van der Waals surface area contributed by atoms with Gasteiger partial charge < -0.3 is 14.4 Å². The average molecular weight is 356 g/mol. The van der Waals surface area contributed by atoms with Gasteiger partial charge in [0.2, 0.25) is 0 Å². The van der Waals surface area contributed by atoms with E-state index < -0.39 is 17.8 Å². The minimum absolute atomic E-state index is 0.108. The molecule has 2 aromatic rings. The molecule has 3 rings (SSSR count). The highest BCUT2D eigenvalue weighted by molar-refractivity contribution is 5.71. The van der Waals surface area contributed by atoms with Gasteiger partial charge in [-0.05, 0) is 30.2 Å². The van der Waals surface area contributed by atoms with E-state index in [0.717, 1.165) is 5.56 Å². The van der Waals surface area contributed by atoms with Crippen LogP contribution in [0.2, 0.25) is 0 Å². The summed E-state index contributed by atoms with van der Waals surface area (Å²) in [5.41, 5.74) is 8.58. The van der Waals surface area contributed by atoms with E-state index in [1.807, 2.05) is 30.3 Å². The lowest BCUT2D eigenvalue weighted by molar-refractivity contribution is -0.127. The summed E-state index contributed by atoms with van der Waals surface area (Å²) >= 11 is 0. The molecule has 0 N–H and O–H groups in total. The molecule has 1 aliphatic rings. The normalized spacial score (nSPS) is 21.9. The van der Waals surface area contributed by atoms with Crippen molar-refractivity contribution in [1.29, 1.82) is 0 Å². The van der Waals surface area contributed by atoms with Gasteiger partial charge >= 0.3 is 0 Å². The number of anilines is 1. The maximum Gasteiger partial charge on any atom is 0.195 e. The van der Waals surface area contributed by atoms with Crippen LogP contribution in [0.4, 0.5) is 10.1 Å². The Morgan fingerprint density at radius 2 is 2.19 bits per heavy atom. The van der Waals surface area contributed by atoms with E-state index in [-0.39, 0.29) is 18.9 Å². The van der Waals surface area contributed by atoms with Crippen molar-refractivity contribution in [3.8, 4) is 5.75 Å². The summed E-state index contributed by atoms with van der Waals surface area (Å²) in [6, 6.07) is 13.8. The zero-order chi connectivity index (χ0) is 18.6. The Bertz CT molecular complexity index is 842. The monoisotopic (exact) mass is 356 g/mol. The van der Waals surface area contributed by atoms with Gasteiger partial charge in [-0.25, -0.2) is 4.39 Å². The number of rotatable bonds is 6. The van der Waals surface area contributed by atoms with Crippen LogP contribution in [0.1, 0.15) is 12.5 Å². The highest BCUT2D eigenvalue weighted by Gasteiger charge is 2.43. The molecule has 0 bridgehead atoms. The van der Waals surface area contributed by atoms with Crippen molar-refractivity contribution in [3.63, 3.8) is 0 Å². The Labute approximate surface area is 149 Å². The van der Waals surface area contributed by atoms with E-state index >= 15 is 0 Å². The Morgan fingerprint density at radius 3 is 2.85 bits per heavy atom. The lowest BCUT2D eigenvalue weighted by Crippen LogP contribution is -2.43. The zero-order valence-electron chi connectivity index (χ0n) is 14.1. The van der Waals surface area contributed by atoms with Gasteiger partial charge in [0.1, 0.15) is 6.61 Å². The summed E-state index contributed by atoms with van der Waals surface area (Å²) in [5, 5.41) is 3.49. The van der Waals surface area contributed by atoms with Gasteiger partial charge in [-0.1, -0.05) is 35.4 Å². The van der Waals surface area contributed by atoms with E-state index in [1.165, 1.54) is 19.1 Å². The number of carbonyl (C=O) groups is 1. The molecular formula is C18H17FN4O3. The molecule has 0 aliphatic carbocycles. The molecule has 1 unspecified atom stereocenters. The van der Waals surface area contributed by atoms with Gasteiger partial charge in [0.05, 0.1) is 6.54 Å². The van der Waals surface area contributed by atoms with E-state index in [4.69, 9.17) is 15.0 Å². The summed E-state index contributed by atoms with van der Waals surface area (Å²) in [5.74, 6) is -0.448. The molecule has 0 radical (unpaired) electrons. The fourth-order valence-corrected chi connectivity index (χ4v) is 2.79. The molecule has 0 saturated carbocycles. The molecule has 7 nitrogen and oxygen atoms in total. The fraction of sp³-hybridized carbons (Fsp3) is 0.278. The topological polar surface area (TPSA) is 87.5 Å². The zero-order valence-corrected chi connectivity index (χ0v) is 14.1. The predicted molar refractivity (Wildman–Crippen MR) is 93.0 cm³/mol. The van der Waals surface area contributed by atoms with Crippen LogP contribution < -0.4 is 9.64 Å². The summed E-state index contributed by atoms with van der Waals surface area (Å²) in [7, 11) is 0. The Hall–Kier alpha value is -3.09. The SMILES string of the molecule is CC1(C=O)O[C@H](N=[N+]=[N-])CN1c1ccc(OCc2ccccc2)c(F)c1. The maximum absolute atomic E-state index is 14.4. The Kier molecular flexibility index (Phi) is 5.06. The van der Waals surface area contributed by atoms with Crippen LogP contribution in [0.3, 0.4) is 0 Å². The molecule has 2 aromatic carbocycles. The molecule has 134 valence electrons. The third-order valence-corrected chi connectivity index (χ3v) is 4.11. The van der Waals surface area contributed by atoms with Crippen LogP contribution in [0.25, 0.3) is 10.4 Å². The van der Waals surface area contributed by atoms with Gasteiger partial charge in [0.15, 0.2) is 29.8 Å². The molecule has 1 saturated heterocycles. The van der Waals surface area contributed by atoms with Crippen molar-refractivity contribution in [3.05, 3.63) is 70.4 Å². The standard InChI is InChI=1S/C18H17FN4O3/c1-18(12-24)23(10-17(26-18)21-22-20)14-7-8-16(15(19)9-14)25-11-13-5-3-2-4-6-13/h2-9,12,17H,10-11H2,1H3/t17-,18?/m0/s1. The number of halogens is 1. The number of nitrogens with zero attached hydrogens (tertiary/aromatic N) is 4. The molecular weight excluding hydrogens is 339 g/mol. The maximum atomic E-state index is 14.4. The molecule has 0 aromatic heterocycles. The van der Waals surface area contributed by atoms with Gasteiger partial charge in [0, 0.05) is 16.7 Å². The lowest BCUT2D eigenvalue weighted by Gasteiger charge is -2.30. The highest BCUT2D eigenvalue weighted by Crippen LogP contribution is 2.34. The highest BCUT2D eigenvalue weighted by atomic mass is 19.1. The van der Waals surface area contributed by atoms with Crippen LogP contribution >= 0.6 is 0 Å². The van der Waals surface area contributed by atoms with Gasteiger partial charge in [-0.3, -0.25) is 4.79 Å². The molecule has 2 atom stereocenters. The number of aldehydes is 1.